The third kappa shape index (κ3) is 3.92. The van der Waals surface area contributed by atoms with Crippen molar-refractivity contribution in [3.8, 4) is 11.5 Å². The Morgan fingerprint density at radius 3 is 2.35 bits per heavy atom. The third-order valence-electron chi connectivity index (χ3n) is 2.90. The summed E-state index contributed by atoms with van der Waals surface area (Å²) in [6, 6.07) is 16.3. The lowest BCUT2D eigenvalue weighted by Gasteiger charge is -2.12. The maximum atomic E-state index is 5.79. The summed E-state index contributed by atoms with van der Waals surface area (Å²) >= 11 is 0. The van der Waals surface area contributed by atoms with Gasteiger partial charge < -0.3 is 14.8 Å². The van der Waals surface area contributed by atoms with Crippen LogP contribution in [0.2, 0.25) is 0 Å². The molecule has 20 heavy (non-hydrogen) atoms. The molecule has 0 heterocycles. The van der Waals surface area contributed by atoms with Crippen LogP contribution in [0, 0.1) is 0 Å². The molecule has 0 spiro atoms. The number of rotatable bonds is 6. The molecule has 2 aromatic carbocycles. The highest BCUT2D eigenvalue weighted by atomic mass is 16.5. The molecule has 0 aromatic heterocycles. The molecule has 0 unspecified atom stereocenters. The Balaban J connectivity index is 1.97. The second-order valence-corrected chi connectivity index (χ2v) is 4.92. The first-order valence-corrected chi connectivity index (χ1v) is 6.80. The monoisotopic (exact) mass is 271 g/mol. The normalized spacial score (nSPS) is 10.4. The van der Waals surface area contributed by atoms with Crippen molar-refractivity contribution in [2.75, 3.05) is 12.4 Å². The van der Waals surface area contributed by atoms with Crippen molar-refractivity contribution in [3.05, 3.63) is 54.1 Å². The Hall–Kier alpha value is -2.16. The summed E-state index contributed by atoms with van der Waals surface area (Å²) in [6.07, 6.45) is 0. The van der Waals surface area contributed by atoms with E-state index in [1.54, 1.807) is 7.11 Å². The van der Waals surface area contributed by atoms with Gasteiger partial charge in [0.15, 0.2) is 0 Å². The molecule has 0 atom stereocenters. The summed E-state index contributed by atoms with van der Waals surface area (Å²) in [5, 5.41) is 3.35. The average Bonchev–Trinajstić information content (AvgIpc) is 2.46. The van der Waals surface area contributed by atoms with Gasteiger partial charge in [-0.15, -0.1) is 0 Å². The van der Waals surface area contributed by atoms with E-state index in [2.05, 4.69) is 19.2 Å². The first-order valence-electron chi connectivity index (χ1n) is 6.80. The highest BCUT2D eigenvalue weighted by Gasteiger charge is 2.03. The van der Waals surface area contributed by atoms with Gasteiger partial charge in [0.05, 0.1) is 7.11 Å². The predicted octanol–water partition coefficient (Wildman–Crippen LogP) is 4.09. The second kappa shape index (κ2) is 6.85. The van der Waals surface area contributed by atoms with Crippen molar-refractivity contribution in [1.82, 2.24) is 0 Å². The summed E-state index contributed by atoms with van der Waals surface area (Å²) < 4.78 is 11.1. The number of benzene rings is 2. The fraction of sp³-hybridized carbons (Fsp3) is 0.294. The summed E-state index contributed by atoms with van der Waals surface area (Å²) in [7, 11) is 1.67. The number of anilines is 1. The van der Waals surface area contributed by atoms with Crippen LogP contribution in [0.5, 0.6) is 11.5 Å². The molecule has 2 aromatic rings. The van der Waals surface area contributed by atoms with Gasteiger partial charge in [-0.25, -0.2) is 0 Å². The van der Waals surface area contributed by atoms with Crippen molar-refractivity contribution >= 4 is 5.69 Å². The zero-order valence-electron chi connectivity index (χ0n) is 12.2. The second-order valence-electron chi connectivity index (χ2n) is 4.92. The van der Waals surface area contributed by atoms with E-state index >= 15 is 0 Å². The lowest BCUT2D eigenvalue weighted by Crippen LogP contribution is -2.09. The van der Waals surface area contributed by atoms with Crippen molar-refractivity contribution in [2.24, 2.45) is 0 Å². The Labute approximate surface area is 120 Å². The first kappa shape index (κ1) is 14.3. The largest absolute Gasteiger partial charge is 0.496 e. The quantitative estimate of drug-likeness (QED) is 0.858. The van der Waals surface area contributed by atoms with Gasteiger partial charge in [0.1, 0.15) is 18.1 Å². The fourth-order valence-corrected chi connectivity index (χ4v) is 1.96. The molecule has 3 nitrogen and oxygen atoms in total. The number of nitrogens with one attached hydrogen (secondary N) is 1. The van der Waals surface area contributed by atoms with E-state index in [9.17, 15) is 0 Å². The van der Waals surface area contributed by atoms with Crippen molar-refractivity contribution in [3.63, 3.8) is 0 Å². The maximum Gasteiger partial charge on any atom is 0.125 e. The van der Waals surface area contributed by atoms with Gasteiger partial charge in [-0.1, -0.05) is 18.2 Å². The topological polar surface area (TPSA) is 30.5 Å². The van der Waals surface area contributed by atoms with Gasteiger partial charge >= 0.3 is 0 Å². The van der Waals surface area contributed by atoms with Crippen LogP contribution in [0.25, 0.3) is 0 Å². The summed E-state index contributed by atoms with van der Waals surface area (Å²) in [4.78, 5) is 0. The van der Waals surface area contributed by atoms with Crippen molar-refractivity contribution in [2.45, 2.75) is 26.5 Å². The van der Waals surface area contributed by atoms with E-state index < -0.39 is 0 Å². The molecule has 0 amide bonds. The number of hydrogen-bond donors (Lipinski definition) is 1. The lowest BCUT2D eigenvalue weighted by molar-refractivity contribution is 0.296. The fourth-order valence-electron chi connectivity index (χ4n) is 1.96. The molecule has 0 saturated heterocycles. The van der Waals surface area contributed by atoms with Crippen LogP contribution in [0.15, 0.2) is 48.5 Å². The Kier molecular flexibility index (Phi) is 4.88. The van der Waals surface area contributed by atoms with Crippen LogP contribution in [0.4, 0.5) is 5.69 Å². The minimum Gasteiger partial charge on any atom is -0.496 e. The average molecular weight is 271 g/mol. The van der Waals surface area contributed by atoms with E-state index in [0.717, 1.165) is 22.7 Å². The minimum atomic E-state index is 0.426. The summed E-state index contributed by atoms with van der Waals surface area (Å²) in [6.45, 7) is 4.74. The van der Waals surface area contributed by atoms with E-state index in [0.29, 0.717) is 12.6 Å². The van der Waals surface area contributed by atoms with Crippen LogP contribution in [0.1, 0.15) is 19.4 Å². The van der Waals surface area contributed by atoms with E-state index in [1.807, 2.05) is 48.5 Å². The van der Waals surface area contributed by atoms with Crippen LogP contribution in [-0.4, -0.2) is 13.2 Å². The molecular weight excluding hydrogens is 250 g/mol. The van der Waals surface area contributed by atoms with Gasteiger partial charge in [-0.3, -0.25) is 0 Å². The molecule has 2 rings (SSSR count). The molecule has 1 N–H and O–H groups in total. The first-order chi connectivity index (χ1) is 9.69. The highest BCUT2D eigenvalue weighted by molar-refractivity contribution is 5.47. The predicted molar refractivity (Wildman–Crippen MR) is 82.5 cm³/mol. The number of methoxy groups -OCH3 is 1. The van der Waals surface area contributed by atoms with Crippen LogP contribution >= 0.6 is 0 Å². The standard InChI is InChI=1S/C17H21NO2/c1-13(2)18-15-8-10-16(11-9-15)20-12-14-6-4-5-7-17(14)19-3/h4-11,13,18H,12H2,1-3H3. The smallest absolute Gasteiger partial charge is 0.125 e. The zero-order chi connectivity index (χ0) is 14.4. The Morgan fingerprint density at radius 2 is 1.70 bits per heavy atom. The van der Waals surface area contributed by atoms with Gasteiger partial charge in [0, 0.05) is 17.3 Å². The number of ether oxygens (including phenoxy) is 2. The molecule has 0 aliphatic carbocycles. The molecule has 0 fully saturated rings. The highest BCUT2D eigenvalue weighted by Crippen LogP contribution is 2.21. The molecule has 0 aliphatic rings. The van der Waals surface area contributed by atoms with E-state index in [-0.39, 0.29) is 0 Å². The molecule has 3 heteroatoms. The number of hydrogen-bond acceptors (Lipinski definition) is 3. The maximum absolute atomic E-state index is 5.79. The molecule has 0 saturated carbocycles. The Bertz CT molecular complexity index is 535. The van der Waals surface area contributed by atoms with Gasteiger partial charge in [-0.2, -0.15) is 0 Å². The molecule has 0 aliphatic heterocycles. The lowest BCUT2D eigenvalue weighted by atomic mass is 10.2. The molecule has 0 radical (unpaired) electrons. The molecule has 0 bridgehead atoms. The van der Waals surface area contributed by atoms with Gasteiger partial charge in [-0.05, 0) is 44.2 Å². The SMILES string of the molecule is COc1ccccc1COc1ccc(NC(C)C)cc1. The van der Waals surface area contributed by atoms with Gasteiger partial charge in [0.2, 0.25) is 0 Å². The van der Waals surface area contributed by atoms with E-state index in [1.165, 1.54) is 0 Å². The molecule has 106 valence electrons. The van der Waals surface area contributed by atoms with Crippen LogP contribution < -0.4 is 14.8 Å². The zero-order valence-corrected chi connectivity index (χ0v) is 12.2. The molecular formula is C17H21NO2. The van der Waals surface area contributed by atoms with E-state index in [4.69, 9.17) is 9.47 Å². The van der Waals surface area contributed by atoms with Gasteiger partial charge in [0.25, 0.3) is 0 Å². The Morgan fingerprint density at radius 1 is 1.00 bits per heavy atom. The van der Waals surface area contributed by atoms with Crippen LogP contribution in [-0.2, 0) is 6.61 Å². The third-order valence-corrected chi connectivity index (χ3v) is 2.90. The van der Waals surface area contributed by atoms with Crippen molar-refractivity contribution < 1.29 is 9.47 Å². The number of para-hydroxylation sites is 1. The summed E-state index contributed by atoms with van der Waals surface area (Å²) in [5.74, 6) is 1.70. The minimum absolute atomic E-state index is 0.426. The summed E-state index contributed by atoms with van der Waals surface area (Å²) in [5.41, 5.74) is 2.14. The van der Waals surface area contributed by atoms with Crippen LogP contribution in [0.3, 0.4) is 0 Å². The van der Waals surface area contributed by atoms with Crippen molar-refractivity contribution in [1.29, 1.82) is 0 Å².